The van der Waals surface area contributed by atoms with E-state index in [4.69, 9.17) is 9.52 Å². The number of ketones is 1. The van der Waals surface area contributed by atoms with Crippen LogP contribution in [0, 0.1) is 0 Å². The van der Waals surface area contributed by atoms with Gasteiger partial charge in [-0.2, -0.15) is 5.10 Å². The summed E-state index contributed by atoms with van der Waals surface area (Å²) < 4.78 is 30.9. The van der Waals surface area contributed by atoms with E-state index in [9.17, 15) is 18.3 Å². The van der Waals surface area contributed by atoms with E-state index in [1.54, 1.807) is 6.20 Å². The van der Waals surface area contributed by atoms with Crippen LogP contribution in [0.5, 0.6) is 0 Å². The van der Waals surface area contributed by atoms with E-state index < -0.39 is 16.1 Å². The number of aromatic nitrogens is 2. The minimum Gasteiger partial charge on any atom is -0.460 e. The van der Waals surface area contributed by atoms with Crippen molar-refractivity contribution in [2.75, 3.05) is 31.6 Å². The van der Waals surface area contributed by atoms with Crippen LogP contribution < -0.4 is 10.6 Å². The number of dihydropyridines is 1. The van der Waals surface area contributed by atoms with Gasteiger partial charge in [0.25, 0.3) is 0 Å². The van der Waals surface area contributed by atoms with E-state index in [1.807, 2.05) is 38.1 Å². The first kappa shape index (κ1) is 29.4. The number of hydrogen-bond donors (Lipinski definition) is 3. The van der Waals surface area contributed by atoms with E-state index >= 15 is 0 Å². The summed E-state index contributed by atoms with van der Waals surface area (Å²) in [4.78, 5) is 17.9. The van der Waals surface area contributed by atoms with E-state index in [-0.39, 0.29) is 18.1 Å². The predicted octanol–water partition coefficient (Wildman–Crippen LogP) is 3.82. The molecule has 5 rings (SSSR count). The summed E-state index contributed by atoms with van der Waals surface area (Å²) in [5.74, 6) is 1.30. The van der Waals surface area contributed by atoms with Gasteiger partial charge in [-0.05, 0) is 56.5 Å². The molecule has 1 atom stereocenters. The number of rotatable bonds is 12. The average molecular weight is 582 g/mol. The number of aliphatic hydroxyl groups excluding tert-OH is 1. The molecule has 2 aliphatic rings. The van der Waals surface area contributed by atoms with Crippen molar-refractivity contribution >= 4 is 32.2 Å². The van der Waals surface area contributed by atoms with Crippen molar-refractivity contribution in [3.8, 4) is 11.3 Å². The summed E-state index contributed by atoms with van der Waals surface area (Å²) in [5, 5.41) is 22.2. The Balaban J connectivity index is 1.37. The lowest BCUT2D eigenvalue weighted by Gasteiger charge is -2.21. The number of nitrogens with one attached hydrogen (secondary N) is 2. The normalized spacial score (nSPS) is 18.4. The Labute approximate surface area is 240 Å². The van der Waals surface area contributed by atoms with Crippen molar-refractivity contribution in [3.63, 3.8) is 0 Å². The van der Waals surface area contributed by atoms with E-state index in [1.165, 1.54) is 19.1 Å². The van der Waals surface area contributed by atoms with Gasteiger partial charge in [0, 0.05) is 48.0 Å². The fraction of sp³-hybridized carbons (Fsp3) is 0.500. The highest BCUT2D eigenvalue weighted by molar-refractivity contribution is 7.90. The van der Waals surface area contributed by atoms with Crippen LogP contribution >= 0.6 is 0 Å². The van der Waals surface area contributed by atoms with Crippen LogP contribution in [0.2, 0.25) is 0 Å². The summed E-state index contributed by atoms with van der Waals surface area (Å²) >= 11 is 0. The second-order valence-electron chi connectivity index (χ2n) is 11.3. The molecular weight excluding hydrogens is 542 g/mol. The van der Waals surface area contributed by atoms with Gasteiger partial charge < -0.3 is 20.2 Å². The first-order chi connectivity index (χ1) is 19.6. The molecular formula is C30H39N5O5S. The SMILES string of the molecule is CC1=NC(O)C(CNCC(=O)c2cc(-c3ccc(CNCCS(C)(=O)=O)o3)cc3c2cnn3C2CCCC2)=C(C)C1. The summed E-state index contributed by atoms with van der Waals surface area (Å²) in [7, 11) is -3.04. The molecule has 0 spiro atoms. The second-order valence-corrected chi connectivity index (χ2v) is 13.6. The van der Waals surface area contributed by atoms with Crippen LogP contribution in [0.1, 0.15) is 68.1 Å². The maximum absolute atomic E-state index is 13.6. The zero-order chi connectivity index (χ0) is 29.1. The Kier molecular flexibility index (Phi) is 8.88. The fourth-order valence-electron chi connectivity index (χ4n) is 5.75. The summed E-state index contributed by atoms with van der Waals surface area (Å²) in [5.41, 5.74) is 5.06. The van der Waals surface area contributed by atoms with E-state index in [2.05, 4.69) is 20.3 Å². The van der Waals surface area contributed by atoms with Crippen molar-refractivity contribution in [3.05, 3.63) is 52.9 Å². The lowest BCUT2D eigenvalue weighted by atomic mass is 9.99. The molecule has 1 fully saturated rings. The molecule has 1 saturated carbocycles. The number of fused-ring (bicyclic) bond motifs is 1. The second kappa shape index (κ2) is 12.4. The third kappa shape index (κ3) is 7.03. The zero-order valence-electron chi connectivity index (χ0n) is 23.9. The number of aliphatic imine (C=N–C) groups is 1. The molecule has 0 radical (unpaired) electrons. The fourth-order valence-corrected chi connectivity index (χ4v) is 6.27. The quantitative estimate of drug-likeness (QED) is 0.167. The van der Waals surface area contributed by atoms with Crippen LogP contribution in [-0.2, 0) is 16.4 Å². The smallest absolute Gasteiger partial charge is 0.177 e. The Morgan fingerprint density at radius 1 is 1.15 bits per heavy atom. The largest absolute Gasteiger partial charge is 0.460 e. The number of aliphatic hydroxyl groups is 1. The molecule has 11 heteroatoms. The van der Waals surface area contributed by atoms with Crippen molar-refractivity contribution in [1.29, 1.82) is 0 Å². The number of hydrogen-bond acceptors (Lipinski definition) is 9. The van der Waals surface area contributed by atoms with Crippen molar-refractivity contribution in [1.82, 2.24) is 20.4 Å². The van der Waals surface area contributed by atoms with Gasteiger partial charge in [-0.25, -0.2) is 8.42 Å². The third-order valence-electron chi connectivity index (χ3n) is 7.91. The highest BCUT2D eigenvalue weighted by Crippen LogP contribution is 2.35. The van der Waals surface area contributed by atoms with Crippen LogP contribution in [0.3, 0.4) is 0 Å². The topological polar surface area (TPSA) is 139 Å². The van der Waals surface area contributed by atoms with E-state index in [0.29, 0.717) is 42.8 Å². The maximum atomic E-state index is 13.6. The van der Waals surface area contributed by atoms with Gasteiger partial charge in [0.15, 0.2) is 12.0 Å². The monoisotopic (exact) mass is 581 g/mol. The third-order valence-corrected chi connectivity index (χ3v) is 8.85. The van der Waals surface area contributed by atoms with Crippen LogP contribution in [0.15, 0.2) is 51.0 Å². The Morgan fingerprint density at radius 2 is 1.93 bits per heavy atom. The highest BCUT2D eigenvalue weighted by Gasteiger charge is 2.24. The molecule has 1 aliphatic heterocycles. The Morgan fingerprint density at radius 3 is 2.66 bits per heavy atom. The van der Waals surface area contributed by atoms with Gasteiger partial charge in [-0.15, -0.1) is 0 Å². The Hall–Kier alpha value is -3.12. The van der Waals surface area contributed by atoms with Gasteiger partial charge >= 0.3 is 0 Å². The minimum absolute atomic E-state index is 0.0601. The Bertz CT molecular complexity index is 1590. The molecule has 1 aromatic carbocycles. The zero-order valence-corrected chi connectivity index (χ0v) is 24.8. The molecule has 3 aromatic rings. The molecule has 1 unspecified atom stereocenters. The van der Waals surface area contributed by atoms with Crippen LogP contribution in [-0.4, -0.2) is 72.7 Å². The lowest BCUT2D eigenvalue weighted by Crippen LogP contribution is -2.30. The number of Topliss-reactive ketones (excluding diaryl/α,β-unsaturated/α-hetero) is 1. The number of carbonyl (C=O) groups excluding carboxylic acids is 1. The molecule has 1 aliphatic carbocycles. The lowest BCUT2D eigenvalue weighted by molar-refractivity contribution is 0.0992. The molecule has 220 valence electrons. The minimum atomic E-state index is -3.04. The molecule has 2 aromatic heterocycles. The van der Waals surface area contributed by atoms with Gasteiger partial charge in [0.2, 0.25) is 0 Å². The number of benzene rings is 1. The summed E-state index contributed by atoms with van der Waals surface area (Å²) in [6.07, 6.45) is 7.32. The molecule has 10 nitrogen and oxygen atoms in total. The average Bonchev–Trinajstić information content (AvgIpc) is 3.67. The molecule has 0 amide bonds. The van der Waals surface area contributed by atoms with Crippen LogP contribution in [0.4, 0.5) is 0 Å². The number of nitrogens with zero attached hydrogens (tertiary/aromatic N) is 3. The van der Waals surface area contributed by atoms with Gasteiger partial charge in [0.1, 0.15) is 21.4 Å². The maximum Gasteiger partial charge on any atom is 0.177 e. The van der Waals surface area contributed by atoms with Crippen LogP contribution in [0.25, 0.3) is 22.2 Å². The first-order valence-corrected chi connectivity index (χ1v) is 16.3. The number of carbonyl (C=O) groups is 1. The van der Waals surface area contributed by atoms with Gasteiger partial charge in [-0.3, -0.25) is 14.5 Å². The van der Waals surface area contributed by atoms with Gasteiger partial charge in [-0.1, -0.05) is 18.4 Å². The number of allylic oxidation sites excluding steroid dienone is 1. The molecule has 41 heavy (non-hydrogen) atoms. The standard InChI is InChI=1S/C30H39N5O5S/c1-19-12-20(2)34-30(37)25(19)16-32-18-28(36)24-13-21(14-27-26(24)17-33-35(27)22-6-4-5-7-22)29-9-8-23(40-29)15-31-10-11-41(3,38)39/h8-9,13-14,17,22,30-32,37H,4-7,10-12,15-16,18H2,1-3H3. The molecule has 3 heterocycles. The van der Waals surface area contributed by atoms with E-state index in [0.717, 1.165) is 52.6 Å². The number of sulfone groups is 1. The van der Waals surface area contributed by atoms with Gasteiger partial charge in [0.05, 0.1) is 36.6 Å². The predicted molar refractivity (Wildman–Crippen MR) is 160 cm³/mol. The summed E-state index contributed by atoms with van der Waals surface area (Å²) in [6, 6.07) is 7.94. The highest BCUT2D eigenvalue weighted by atomic mass is 32.2. The molecule has 0 saturated heterocycles. The summed E-state index contributed by atoms with van der Waals surface area (Å²) in [6.45, 7) is 5.12. The first-order valence-electron chi connectivity index (χ1n) is 14.2. The van der Waals surface area contributed by atoms with Crippen molar-refractivity contribution in [2.45, 2.75) is 64.8 Å². The van der Waals surface area contributed by atoms with Crippen molar-refractivity contribution in [2.24, 2.45) is 4.99 Å². The molecule has 3 N–H and O–H groups in total. The number of furan rings is 1. The molecule has 0 bridgehead atoms. The van der Waals surface area contributed by atoms with Crippen molar-refractivity contribution < 1.29 is 22.7 Å².